The van der Waals surface area contributed by atoms with E-state index < -0.39 is 0 Å². The third kappa shape index (κ3) is 6.38. The molecule has 0 atom stereocenters. The summed E-state index contributed by atoms with van der Waals surface area (Å²) in [7, 11) is 0. The molecule has 0 fully saturated rings. The average molecular weight is 479 g/mol. The summed E-state index contributed by atoms with van der Waals surface area (Å²) < 4.78 is 7.72. The molecule has 0 radical (unpaired) electrons. The number of amides is 1. The molecular formula is C22H24Cl2N4O2S. The molecule has 0 unspecified atom stereocenters. The Morgan fingerprint density at radius 2 is 1.90 bits per heavy atom. The van der Waals surface area contributed by atoms with Crippen LogP contribution in [-0.4, -0.2) is 33.0 Å². The highest BCUT2D eigenvalue weighted by Crippen LogP contribution is 2.28. The normalized spacial score (nSPS) is 11.0. The Bertz CT molecular complexity index is 1040. The number of carbonyl (C=O) groups is 1. The predicted molar refractivity (Wildman–Crippen MR) is 127 cm³/mol. The molecule has 1 amide bonds. The standard InChI is InChI=1S/C22H24Cl2N4O2S/c1-4-28-21(15-5-8-17(9-6-15)30-12-14(2)3)26-27-22(28)31-13-20(29)25-19-10-7-16(23)11-18(19)24/h5-11,14H,4,12-13H2,1-3H3,(H,25,29). The van der Waals surface area contributed by atoms with E-state index >= 15 is 0 Å². The van der Waals surface area contributed by atoms with Crippen molar-refractivity contribution in [2.24, 2.45) is 5.92 Å². The maximum Gasteiger partial charge on any atom is 0.234 e. The Morgan fingerprint density at radius 1 is 1.16 bits per heavy atom. The van der Waals surface area contributed by atoms with Gasteiger partial charge in [0.2, 0.25) is 5.91 Å². The maximum absolute atomic E-state index is 12.4. The lowest BCUT2D eigenvalue weighted by molar-refractivity contribution is -0.113. The number of aromatic nitrogens is 3. The van der Waals surface area contributed by atoms with E-state index in [-0.39, 0.29) is 11.7 Å². The van der Waals surface area contributed by atoms with Gasteiger partial charge in [0.05, 0.1) is 23.1 Å². The van der Waals surface area contributed by atoms with Crippen LogP contribution in [0.3, 0.4) is 0 Å². The molecule has 9 heteroatoms. The van der Waals surface area contributed by atoms with E-state index in [2.05, 4.69) is 29.4 Å². The first-order valence-corrected chi connectivity index (χ1v) is 11.7. The van der Waals surface area contributed by atoms with E-state index in [1.807, 2.05) is 35.8 Å². The molecule has 0 saturated heterocycles. The first-order chi connectivity index (χ1) is 14.9. The number of hydrogen-bond donors (Lipinski definition) is 1. The summed E-state index contributed by atoms with van der Waals surface area (Å²) in [5.74, 6) is 2.04. The van der Waals surface area contributed by atoms with Crippen LogP contribution in [0.25, 0.3) is 11.4 Å². The lowest BCUT2D eigenvalue weighted by atomic mass is 10.2. The molecule has 31 heavy (non-hydrogen) atoms. The van der Waals surface area contributed by atoms with Gasteiger partial charge in [-0.05, 0) is 55.3 Å². The fraction of sp³-hybridized carbons (Fsp3) is 0.318. The molecule has 1 N–H and O–H groups in total. The fourth-order valence-electron chi connectivity index (χ4n) is 2.76. The maximum atomic E-state index is 12.4. The highest BCUT2D eigenvalue weighted by molar-refractivity contribution is 7.99. The highest BCUT2D eigenvalue weighted by atomic mass is 35.5. The van der Waals surface area contributed by atoms with Crippen LogP contribution in [0.5, 0.6) is 5.75 Å². The van der Waals surface area contributed by atoms with Gasteiger partial charge < -0.3 is 14.6 Å². The number of benzene rings is 2. The Labute approximate surface area is 196 Å². The number of halogens is 2. The van der Waals surface area contributed by atoms with Crippen LogP contribution < -0.4 is 10.1 Å². The minimum absolute atomic E-state index is 0.180. The molecule has 164 valence electrons. The van der Waals surface area contributed by atoms with Gasteiger partial charge in [-0.3, -0.25) is 4.79 Å². The first kappa shape index (κ1) is 23.4. The smallest absolute Gasteiger partial charge is 0.234 e. The Morgan fingerprint density at radius 3 is 2.55 bits per heavy atom. The molecule has 1 heterocycles. The molecule has 2 aromatic carbocycles. The second-order valence-corrected chi connectivity index (χ2v) is 9.03. The van der Waals surface area contributed by atoms with Gasteiger partial charge in [0.15, 0.2) is 11.0 Å². The van der Waals surface area contributed by atoms with E-state index in [0.29, 0.717) is 40.0 Å². The van der Waals surface area contributed by atoms with E-state index in [1.165, 1.54) is 11.8 Å². The Hall–Kier alpha value is -2.22. The van der Waals surface area contributed by atoms with Crippen molar-refractivity contribution in [3.8, 4) is 17.1 Å². The summed E-state index contributed by atoms with van der Waals surface area (Å²) in [5.41, 5.74) is 1.46. The van der Waals surface area contributed by atoms with Crippen molar-refractivity contribution in [2.75, 3.05) is 17.7 Å². The third-order valence-corrected chi connectivity index (χ3v) is 5.78. The van der Waals surface area contributed by atoms with E-state index in [9.17, 15) is 4.79 Å². The predicted octanol–water partition coefficient (Wildman–Crippen LogP) is 6.04. The monoisotopic (exact) mass is 478 g/mol. The molecule has 3 rings (SSSR count). The molecule has 0 bridgehead atoms. The lowest BCUT2D eigenvalue weighted by Gasteiger charge is -2.10. The Balaban J connectivity index is 1.65. The minimum Gasteiger partial charge on any atom is -0.493 e. The topological polar surface area (TPSA) is 69.0 Å². The van der Waals surface area contributed by atoms with Crippen LogP contribution in [0, 0.1) is 5.92 Å². The van der Waals surface area contributed by atoms with Crippen molar-refractivity contribution < 1.29 is 9.53 Å². The van der Waals surface area contributed by atoms with Gasteiger partial charge in [-0.1, -0.05) is 48.8 Å². The van der Waals surface area contributed by atoms with Crippen molar-refractivity contribution in [2.45, 2.75) is 32.5 Å². The quantitative estimate of drug-likeness (QED) is 0.379. The highest BCUT2D eigenvalue weighted by Gasteiger charge is 2.15. The second-order valence-electron chi connectivity index (χ2n) is 7.24. The molecule has 3 aromatic rings. The number of carbonyl (C=O) groups excluding carboxylic acids is 1. The number of anilines is 1. The largest absolute Gasteiger partial charge is 0.493 e. The van der Waals surface area contributed by atoms with E-state index in [4.69, 9.17) is 27.9 Å². The molecule has 0 spiro atoms. The van der Waals surface area contributed by atoms with Crippen LogP contribution in [-0.2, 0) is 11.3 Å². The van der Waals surface area contributed by atoms with Crippen LogP contribution in [0.4, 0.5) is 5.69 Å². The average Bonchev–Trinajstić information content (AvgIpc) is 3.16. The minimum atomic E-state index is -0.187. The number of nitrogens with zero attached hydrogens (tertiary/aromatic N) is 3. The van der Waals surface area contributed by atoms with E-state index in [1.54, 1.807) is 18.2 Å². The molecule has 0 aliphatic carbocycles. The van der Waals surface area contributed by atoms with Crippen LogP contribution in [0.15, 0.2) is 47.6 Å². The van der Waals surface area contributed by atoms with Gasteiger partial charge in [-0.15, -0.1) is 10.2 Å². The van der Waals surface area contributed by atoms with Crippen molar-refractivity contribution in [1.82, 2.24) is 14.8 Å². The molecular weight excluding hydrogens is 455 g/mol. The van der Waals surface area contributed by atoms with Crippen LogP contribution >= 0.6 is 35.0 Å². The fourth-order valence-corrected chi connectivity index (χ4v) is 4.02. The summed E-state index contributed by atoms with van der Waals surface area (Å²) >= 11 is 13.3. The Kier molecular flexibility index (Phi) is 8.23. The lowest BCUT2D eigenvalue weighted by Crippen LogP contribution is -2.15. The zero-order valence-corrected chi connectivity index (χ0v) is 19.9. The summed E-state index contributed by atoms with van der Waals surface area (Å²) in [4.78, 5) is 12.4. The first-order valence-electron chi connectivity index (χ1n) is 9.91. The summed E-state index contributed by atoms with van der Waals surface area (Å²) in [6.07, 6.45) is 0. The molecule has 0 saturated carbocycles. The molecule has 0 aliphatic heterocycles. The van der Waals surface area contributed by atoms with Crippen molar-refractivity contribution in [3.63, 3.8) is 0 Å². The van der Waals surface area contributed by atoms with Crippen molar-refractivity contribution >= 4 is 46.6 Å². The number of ether oxygens (including phenoxy) is 1. The molecule has 1 aromatic heterocycles. The van der Waals surface area contributed by atoms with Crippen molar-refractivity contribution in [3.05, 3.63) is 52.5 Å². The van der Waals surface area contributed by atoms with Gasteiger partial charge in [0, 0.05) is 17.1 Å². The van der Waals surface area contributed by atoms with Gasteiger partial charge in [0.25, 0.3) is 0 Å². The molecule has 6 nitrogen and oxygen atoms in total. The zero-order valence-electron chi connectivity index (χ0n) is 17.6. The van der Waals surface area contributed by atoms with Gasteiger partial charge in [-0.2, -0.15) is 0 Å². The number of hydrogen-bond acceptors (Lipinski definition) is 5. The van der Waals surface area contributed by atoms with E-state index in [0.717, 1.165) is 17.1 Å². The zero-order chi connectivity index (χ0) is 22.4. The number of thioether (sulfide) groups is 1. The van der Waals surface area contributed by atoms with Crippen LogP contribution in [0.2, 0.25) is 10.0 Å². The third-order valence-electron chi connectivity index (χ3n) is 4.27. The van der Waals surface area contributed by atoms with Gasteiger partial charge >= 0.3 is 0 Å². The molecule has 0 aliphatic rings. The number of nitrogens with one attached hydrogen (secondary N) is 1. The van der Waals surface area contributed by atoms with Gasteiger partial charge in [0.1, 0.15) is 5.75 Å². The van der Waals surface area contributed by atoms with Crippen molar-refractivity contribution in [1.29, 1.82) is 0 Å². The number of rotatable bonds is 9. The SMILES string of the molecule is CCn1c(SCC(=O)Nc2ccc(Cl)cc2Cl)nnc1-c1ccc(OCC(C)C)cc1. The second kappa shape index (κ2) is 10.9. The van der Waals surface area contributed by atoms with Gasteiger partial charge in [-0.25, -0.2) is 0 Å². The summed E-state index contributed by atoms with van der Waals surface area (Å²) in [6, 6.07) is 12.7. The summed E-state index contributed by atoms with van der Waals surface area (Å²) in [5, 5.41) is 13.0. The summed E-state index contributed by atoms with van der Waals surface area (Å²) in [6.45, 7) is 7.60. The van der Waals surface area contributed by atoms with Crippen LogP contribution in [0.1, 0.15) is 20.8 Å².